The second-order valence-corrected chi connectivity index (χ2v) is 7.52. The van der Waals surface area contributed by atoms with Crippen molar-refractivity contribution in [1.29, 1.82) is 0 Å². The molecule has 4 aliphatic rings. The second kappa shape index (κ2) is 5.13. The van der Waals surface area contributed by atoms with Gasteiger partial charge in [-0.25, -0.2) is 8.78 Å². The summed E-state index contributed by atoms with van der Waals surface area (Å²) in [5, 5.41) is 19.9. The molecule has 0 radical (unpaired) electrons. The molecule has 1 aliphatic heterocycles. The van der Waals surface area contributed by atoms with Crippen LogP contribution >= 0.6 is 0 Å². The fourth-order valence-corrected chi connectivity index (χ4v) is 4.73. The Balaban J connectivity index is 1.36. The molecule has 0 spiro atoms. The molecule has 5 rings (SSSR count). The van der Waals surface area contributed by atoms with E-state index in [9.17, 15) is 19.0 Å². The molecule has 1 saturated heterocycles. The number of hydrogen-bond donors (Lipinski definition) is 2. The summed E-state index contributed by atoms with van der Waals surface area (Å²) < 4.78 is 32.4. The van der Waals surface area contributed by atoms with Gasteiger partial charge in [-0.3, -0.25) is 4.90 Å². The number of likely N-dealkylation sites (tertiary alicyclic amines) is 1. The topological polar surface area (TPSA) is 52.9 Å². The van der Waals surface area contributed by atoms with Gasteiger partial charge in [-0.05, 0) is 43.2 Å². The van der Waals surface area contributed by atoms with Gasteiger partial charge in [-0.1, -0.05) is 0 Å². The molecule has 0 aromatic heterocycles. The van der Waals surface area contributed by atoms with Crippen LogP contribution in [-0.2, 0) is 0 Å². The number of hydrogen-bond acceptors (Lipinski definition) is 4. The third-order valence-corrected chi connectivity index (χ3v) is 5.77. The van der Waals surface area contributed by atoms with Crippen LogP contribution in [0.25, 0.3) is 0 Å². The highest BCUT2D eigenvalue weighted by atomic mass is 19.1. The molecule has 3 aliphatic carbocycles. The standard InChI is InChI=1S/C17H21F2NO3/c18-11-1-2-13(19)14(5-11)23-12-3-4-20(6-12)15(22)17-7-16(8-17,9-17)10-21/h1-2,5,12,15,21-22H,3-4,6-10H2/t12-,15?,16?,17?/m1/s1. The van der Waals surface area contributed by atoms with Crippen LogP contribution in [0.3, 0.4) is 0 Å². The van der Waals surface area contributed by atoms with Crippen LogP contribution in [0.4, 0.5) is 8.78 Å². The SMILES string of the molecule is OCC12CC(C(O)N3CC[C@@H](Oc4cc(F)ccc4F)C3)(C1)C2. The number of aliphatic hydroxyl groups excluding tert-OH is 2. The lowest BCUT2D eigenvalue weighted by Gasteiger charge is -2.72. The van der Waals surface area contributed by atoms with Crippen molar-refractivity contribution in [3.05, 3.63) is 29.8 Å². The van der Waals surface area contributed by atoms with Crippen LogP contribution in [0.15, 0.2) is 18.2 Å². The zero-order valence-corrected chi connectivity index (χ0v) is 12.8. The zero-order chi connectivity index (χ0) is 16.2. The van der Waals surface area contributed by atoms with E-state index in [2.05, 4.69) is 0 Å². The highest BCUT2D eigenvalue weighted by Gasteiger charge is 2.71. The molecule has 4 nitrogen and oxygen atoms in total. The first kappa shape index (κ1) is 15.3. The van der Waals surface area contributed by atoms with Crippen molar-refractivity contribution in [2.75, 3.05) is 19.7 Å². The van der Waals surface area contributed by atoms with Gasteiger partial charge in [0, 0.05) is 31.2 Å². The minimum Gasteiger partial charge on any atom is -0.486 e. The molecular weight excluding hydrogens is 304 g/mol. The number of rotatable bonds is 5. The molecule has 1 heterocycles. The average Bonchev–Trinajstić information content (AvgIpc) is 2.89. The fourth-order valence-electron chi connectivity index (χ4n) is 4.73. The summed E-state index contributed by atoms with van der Waals surface area (Å²) in [5.74, 6) is -1.18. The van der Waals surface area contributed by atoms with Crippen LogP contribution in [0.2, 0.25) is 0 Å². The molecule has 3 saturated carbocycles. The average molecular weight is 325 g/mol. The van der Waals surface area contributed by atoms with E-state index in [1.54, 1.807) is 0 Å². The summed E-state index contributed by atoms with van der Waals surface area (Å²) in [6.45, 7) is 1.38. The minimum absolute atomic E-state index is 0.0568. The van der Waals surface area contributed by atoms with Crippen LogP contribution < -0.4 is 4.74 Å². The van der Waals surface area contributed by atoms with Gasteiger partial charge in [0.25, 0.3) is 0 Å². The van der Waals surface area contributed by atoms with Gasteiger partial charge in [0.2, 0.25) is 0 Å². The summed E-state index contributed by atoms with van der Waals surface area (Å²) in [5.41, 5.74) is -0.0248. The summed E-state index contributed by atoms with van der Waals surface area (Å²) in [6.07, 6.45) is 2.50. The number of halogens is 2. The van der Waals surface area contributed by atoms with Gasteiger partial charge >= 0.3 is 0 Å². The summed E-state index contributed by atoms with van der Waals surface area (Å²) in [4.78, 5) is 1.96. The number of nitrogens with zero attached hydrogens (tertiary/aromatic N) is 1. The van der Waals surface area contributed by atoms with Crippen LogP contribution in [0.5, 0.6) is 5.75 Å². The quantitative estimate of drug-likeness (QED) is 0.868. The van der Waals surface area contributed by atoms with E-state index >= 15 is 0 Å². The van der Waals surface area contributed by atoms with Crippen molar-refractivity contribution in [3.63, 3.8) is 0 Å². The lowest BCUT2D eigenvalue weighted by atomic mass is 9.34. The van der Waals surface area contributed by atoms with E-state index in [0.717, 1.165) is 37.5 Å². The van der Waals surface area contributed by atoms with Gasteiger partial charge in [-0.2, -0.15) is 0 Å². The van der Waals surface area contributed by atoms with Crippen molar-refractivity contribution in [2.45, 2.75) is 38.0 Å². The summed E-state index contributed by atoms with van der Waals surface area (Å²) in [6, 6.07) is 3.18. The Bertz CT molecular complexity index is 604. The maximum atomic E-state index is 13.6. The molecule has 1 aromatic rings. The van der Waals surface area contributed by atoms with Crippen LogP contribution in [0, 0.1) is 22.5 Å². The Morgan fingerprint density at radius 3 is 2.74 bits per heavy atom. The van der Waals surface area contributed by atoms with E-state index in [1.807, 2.05) is 4.90 Å². The van der Waals surface area contributed by atoms with Crippen molar-refractivity contribution in [2.24, 2.45) is 10.8 Å². The molecule has 6 heteroatoms. The second-order valence-electron chi connectivity index (χ2n) is 7.52. The first-order valence-corrected chi connectivity index (χ1v) is 8.10. The van der Waals surface area contributed by atoms with Crippen LogP contribution in [0.1, 0.15) is 25.7 Å². The summed E-state index contributed by atoms with van der Waals surface area (Å²) >= 11 is 0. The Morgan fingerprint density at radius 2 is 2.04 bits per heavy atom. The normalized spacial score (nSPS) is 37.1. The molecule has 23 heavy (non-hydrogen) atoms. The Kier molecular flexibility index (Phi) is 3.41. The van der Waals surface area contributed by atoms with E-state index < -0.39 is 17.9 Å². The molecule has 126 valence electrons. The molecule has 1 aromatic carbocycles. The molecule has 2 N–H and O–H groups in total. The Hall–Kier alpha value is -1.24. The van der Waals surface area contributed by atoms with Crippen molar-refractivity contribution < 1.29 is 23.7 Å². The predicted octanol–water partition coefficient (Wildman–Crippen LogP) is 1.90. The molecular formula is C17H21F2NO3. The first-order valence-electron chi connectivity index (χ1n) is 8.10. The van der Waals surface area contributed by atoms with Crippen LogP contribution in [-0.4, -0.2) is 47.1 Å². The third kappa shape index (κ3) is 2.35. The van der Waals surface area contributed by atoms with Gasteiger partial charge < -0.3 is 14.9 Å². The van der Waals surface area contributed by atoms with Crippen molar-refractivity contribution in [1.82, 2.24) is 4.90 Å². The maximum Gasteiger partial charge on any atom is 0.165 e. The van der Waals surface area contributed by atoms with E-state index in [0.29, 0.717) is 19.5 Å². The number of ether oxygens (including phenoxy) is 1. The molecule has 0 amide bonds. The van der Waals surface area contributed by atoms with Gasteiger partial charge in [0.15, 0.2) is 11.6 Å². The summed E-state index contributed by atoms with van der Waals surface area (Å²) in [7, 11) is 0. The molecule has 4 fully saturated rings. The van der Waals surface area contributed by atoms with Gasteiger partial charge in [0.05, 0.1) is 0 Å². The first-order chi connectivity index (χ1) is 11.0. The van der Waals surface area contributed by atoms with E-state index in [-0.39, 0.29) is 29.3 Å². The highest BCUT2D eigenvalue weighted by molar-refractivity contribution is 5.25. The van der Waals surface area contributed by atoms with E-state index in [4.69, 9.17) is 4.74 Å². The molecule has 2 atom stereocenters. The van der Waals surface area contributed by atoms with Crippen molar-refractivity contribution in [3.8, 4) is 5.75 Å². The molecule has 2 bridgehead atoms. The van der Waals surface area contributed by atoms with Crippen molar-refractivity contribution >= 4 is 0 Å². The molecule has 1 unspecified atom stereocenters. The smallest absolute Gasteiger partial charge is 0.165 e. The van der Waals surface area contributed by atoms with Gasteiger partial charge in [-0.15, -0.1) is 0 Å². The van der Waals surface area contributed by atoms with Gasteiger partial charge in [0.1, 0.15) is 18.1 Å². The highest BCUT2D eigenvalue weighted by Crippen LogP contribution is 2.74. The fraction of sp³-hybridized carbons (Fsp3) is 0.647. The zero-order valence-electron chi connectivity index (χ0n) is 12.8. The minimum atomic E-state index is -0.574. The maximum absolute atomic E-state index is 13.6. The van der Waals surface area contributed by atoms with E-state index in [1.165, 1.54) is 0 Å². The predicted molar refractivity (Wildman–Crippen MR) is 78.8 cm³/mol. The Morgan fingerprint density at radius 1 is 1.30 bits per heavy atom. The number of benzene rings is 1. The Labute approximate surface area is 133 Å². The lowest BCUT2D eigenvalue weighted by Crippen LogP contribution is -2.70. The number of aliphatic hydroxyl groups is 2. The monoisotopic (exact) mass is 325 g/mol. The third-order valence-electron chi connectivity index (χ3n) is 5.77. The largest absolute Gasteiger partial charge is 0.486 e. The lowest BCUT2D eigenvalue weighted by molar-refractivity contribution is -0.296.